The van der Waals surface area contributed by atoms with Gasteiger partial charge in [0.1, 0.15) is 0 Å². The molecule has 3 rings (SSSR count). The SMILES string of the molecule is CCN(CC)CCCN(c1cccc(C(N)=O)c1)c1cccc(C(=O)Nc2ccncc2)c1. The molecule has 0 aliphatic heterocycles. The summed E-state index contributed by atoms with van der Waals surface area (Å²) in [6, 6.07) is 18.3. The molecule has 0 unspecified atom stereocenters. The van der Waals surface area contributed by atoms with Crippen LogP contribution in [0.2, 0.25) is 0 Å². The Hall–Kier alpha value is -3.71. The Morgan fingerprint density at radius 1 is 0.879 bits per heavy atom. The highest BCUT2D eigenvalue weighted by molar-refractivity contribution is 6.05. The Kier molecular flexibility index (Phi) is 8.55. The first-order valence-corrected chi connectivity index (χ1v) is 11.2. The molecule has 7 heteroatoms. The Labute approximate surface area is 195 Å². The number of rotatable bonds is 11. The Bertz CT molecular complexity index is 1070. The lowest BCUT2D eigenvalue weighted by Gasteiger charge is -2.27. The van der Waals surface area contributed by atoms with E-state index in [-0.39, 0.29) is 5.91 Å². The van der Waals surface area contributed by atoms with E-state index in [1.807, 2.05) is 30.3 Å². The van der Waals surface area contributed by atoms with Crippen molar-refractivity contribution in [1.29, 1.82) is 0 Å². The number of hydrogen-bond donors (Lipinski definition) is 2. The van der Waals surface area contributed by atoms with Gasteiger partial charge in [0.15, 0.2) is 0 Å². The van der Waals surface area contributed by atoms with E-state index >= 15 is 0 Å². The van der Waals surface area contributed by atoms with Crippen LogP contribution >= 0.6 is 0 Å². The number of nitrogens with one attached hydrogen (secondary N) is 1. The molecule has 0 saturated carbocycles. The van der Waals surface area contributed by atoms with Crippen molar-refractivity contribution in [3.05, 3.63) is 84.2 Å². The van der Waals surface area contributed by atoms with E-state index < -0.39 is 5.91 Å². The molecule has 1 heterocycles. The van der Waals surface area contributed by atoms with Gasteiger partial charge in [-0.2, -0.15) is 0 Å². The average molecular weight is 446 g/mol. The number of nitrogens with zero attached hydrogens (tertiary/aromatic N) is 3. The summed E-state index contributed by atoms with van der Waals surface area (Å²) in [7, 11) is 0. The van der Waals surface area contributed by atoms with Gasteiger partial charge >= 0.3 is 0 Å². The zero-order valence-electron chi connectivity index (χ0n) is 19.2. The summed E-state index contributed by atoms with van der Waals surface area (Å²) in [4.78, 5) is 33.1. The Balaban J connectivity index is 1.87. The van der Waals surface area contributed by atoms with Crippen LogP contribution < -0.4 is 16.0 Å². The number of carbonyl (C=O) groups excluding carboxylic acids is 2. The molecule has 0 saturated heterocycles. The molecule has 7 nitrogen and oxygen atoms in total. The highest BCUT2D eigenvalue weighted by Gasteiger charge is 2.15. The summed E-state index contributed by atoms with van der Waals surface area (Å²) in [5.41, 5.74) is 8.93. The third-order valence-corrected chi connectivity index (χ3v) is 5.55. The molecule has 3 aromatic rings. The Morgan fingerprint density at radius 2 is 1.48 bits per heavy atom. The second-order valence-corrected chi connectivity index (χ2v) is 7.69. The molecule has 0 fully saturated rings. The van der Waals surface area contributed by atoms with Crippen LogP contribution in [0, 0.1) is 0 Å². The van der Waals surface area contributed by atoms with Crippen molar-refractivity contribution >= 4 is 28.9 Å². The maximum Gasteiger partial charge on any atom is 0.255 e. The van der Waals surface area contributed by atoms with Crippen LogP contribution in [0.3, 0.4) is 0 Å². The second kappa shape index (κ2) is 11.8. The second-order valence-electron chi connectivity index (χ2n) is 7.69. The van der Waals surface area contributed by atoms with E-state index in [1.165, 1.54) is 0 Å². The molecular weight excluding hydrogens is 414 g/mol. The molecule has 0 bridgehead atoms. The number of hydrogen-bond acceptors (Lipinski definition) is 5. The third-order valence-electron chi connectivity index (χ3n) is 5.55. The zero-order valence-corrected chi connectivity index (χ0v) is 19.2. The molecule has 1 aromatic heterocycles. The molecule has 0 aliphatic carbocycles. The monoisotopic (exact) mass is 445 g/mol. The largest absolute Gasteiger partial charge is 0.366 e. The quantitative estimate of drug-likeness (QED) is 0.459. The van der Waals surface area contributed by atoms with Crippen LogP contribution in [-0.4, -0.2) is 47.9 Å². The van der Waals surface area contributed by atoms with Crippen molar-refractivity contribution in [2.45, 2.75) is 20.3 Å². The number of nitrogens with two attached hydrogens (primary N) is 1. The minimum absolute atomic E-state index is 0.197. The minimum Gasteiger partial charge on any atom is -0.366 e. The maximum atomic E-state index is 12.8. The molecule has 3 N–H and O–H groups in total. The fourth-order valence-corrected chi connectivity index (χ4v) is 3.68. The molecule has 33 heavy (non-hydrogen) atoms. The summed E-state index contributed by atoms with van der Waals surface area (Å²) in [5.74, 6) is -0.664. The van der Waals surface area contributed by atoms with Gasteiger partial charge in [-0.05, 0) is 74.6 Å². The molecule has 2 aromatic carbocycles. The summed E-state index contributed by atoms with van der Waals surface area (Å²) >= 11 is 0. The van der Waals surface area contributed by atoms with E-state index in [9.17, 15) is 9.59 Å². The molecule has 0 aliphatic rings. The number of amides is 2. The van der Waals surface area contributed by atoms with Crippen molar-refractivity contribution in [2.24, 2.45) is 5.73 Å². The highest BCUT2D eigenvalue weighted by Crippen LogP contribution is 2.27. The van der Waals surface area contributed by atoms with Gasteiger partial charge in [0.25, 0.3) is 5.91 Å². The fraction of sp³-hybridized carbons (Fsp3) is 0.269. The van der Waals surface area contributed by atoms with E-state index in [2.05, 4.69) is 33.9 Å². The lowest BCUT2D eigenvalue weighted by molar-refractivity contribution is 0.0997. The van der Waals surface area contributed by atoms with Gasteiger partial charge in [-0.15, -0.1) is 0 Å². The van der Waals surface area contributed by atoms with Gasteiger partial charge < -0.3 is 20.9 Å². The van der Waals surface area contributed by atoms with Crippen LogP contribution in [0.4, 0.5) is 17.1 Å². The summed E-state index contributed by atoms with van der Waals surface area (Å²) < 4.78 is 0. The molecule has 172 valence electrons. The lowest BCUT2D eigenvalue weighted by Crippen LogP contribution is -2.28. The average Bonchev–Trinajstić information content (AvgIpc) is 2.85. The van der Waals surface area contributed by atoms with E-state index in [1.54, 1.807) is 42.7 Å². The van der Waals surface area contributed by atoms with Gasteiger partial charge in [0.05, 0.1) is 0 Å². The minimum atomic E-state index is -0.467. The first-order chi connectivity index (χ1) is 16.0. The predicted molar refractivity (Wildman–Crippen MR) is 133 cm³/mol. The van der Waals surface area contributed by atoms with Gasteiger partial charge in [-0.3, -0.25) is 14.6 Å². The standard InChI is InChI=1S/C26H31N5O2/c1-3-30(4-2)16-7-17-31(23-10-5-8-20(18-23)25(27)32)24-11-6-9-21(19-24)26(33)29-22-12-14-28-15-13-22/h5-6,8-15,18-19H,3-4,7,16-17H2,1-2H3,(H2,27,32)(H,28,29,33). The molecule has 2 amide bonds. The van der Waals surface area contributed by atoms with E-state index in [0.717, 1.165) is 44.0 Å². The van der Waals surface area contributed by atoms with Crippen molar-refractivity contribution in [3.63, 3.8) is 0 Å². The number of anilines is 3. The molecular formula is C26H31N5O2. The number of primary amides is 1. The van der Waals surface area contributed by atoms with Crippen LogP contribution in [-0.2, 0) is 0 Å². The van der Waals surface area contributed by atoms with E-state index in [4.69, 9.17) is 5.73 Å². The fourth-order valence-electron chi connectivity index (χ4n) is 3.68. The summed E-state index contributed by atoms with van der Waals surface area (Å²) in [5, 5.41) is 2.90. The molecule has 0 atom stereocenters. The maximum absolute atomic E-state index is 12.8. The zero-order chi connectivity index (χ0) is 23.6. The number of benzene rings is 2. The van der Waals surface area contributed by atoms with Crippen molar-refractivity contribution in [2.75, 3.05) is 36.4 Å². The van der Waals surface area contributed by atoms with Gasteiger partial charge in [-0.1, -0.05) is 26.0 Å². The number of pyridine rings is 1. The van der Waals surface area contributed by atoms with E-state index in [0.29, 0.717) is 16.8 Å². The van der Waals surface area contributed by atoms with Gasteiger partial charge in [0.2, 0.25) is 5.91 Å². The predicted octanol–water partition coefficient (Wildman–Crippen LogP) is 4.30. The Morgan fingerprint density at radius 3 is 2.09 bits per heavy atom. The van der Waals surface area contributed by atoms with Crippen molar-refractivity contribution < 1.29 is 9.59 Å². The normalized spacial score (nSPS) is 10.8. The van der Waals surface area contributed by atoms with Crippen LogP contribution in [0.1, 0.15) is 41.0 Å². The third kappa shape index (κ3) is 6.63. The van der Waals surface area contributed by atoms with Crippen LogP contribution in [0.25, 0.3) is 0 Å². The first-order valence-electron chi connectivity index (χ1n) is 11.2. The van der Waals surface area contributed by atoms with Gasteiger partial charge in [-0.25, -0.2) is 0 Å². The van der Waals surface area contributed by atoms with Crippen LogP contribution in [0.15, 0.2) is 73.1 Å². The van der Waals surface area contributed by atoms with Gasteiger partial charge in [0, 0.05) is 47.1 Å². The topological polar surface area (TPSA) is 91.6 Å². The molecule has 0 spiro atoms. The summed E-state index contributed by atoms with van der Waals surface area (Å²) in [6.45, 7) is 8.00. The number of carbonyl (C=O) groups is 2. The lowest BCUT2D eigenvalue weighted by atomic mass is 10.1. The van der Waals surface area contributed by atoms with Crippen molar-refractivity contribution in [1.82, 2.24) is 9.88 Å². The highest BCUT2D eigenvalue weighted by atomic mass is 16.2. The smallest absolute Gasteiger partial charge is 0.255 e. The number of aromatic nitrogens is 1. The molecule has 0 radical (unpaired) electrons. The summed E-state index contributed by atoms with van der Waals surface area (Å²) in [6.07, 6.45) is 4.20. The first kappa shape index (κ1) is 23.9. The van der Waals surface area contributed by atoms with Crippen molar-refractivity contribution in [3.8, 4) is 0 Å². The van der Waals surface area contributed by atoms with Crippen LogP contribution in [0.5, 0.6) is 0 Å².